The van der Waals surface area contributed by atoms with E-state index in [0.717, 1.165) is 11.7 Å². The molecule has 14 heavy (non-hydrogen) atoms. The van der Waals surface area contributed by atoms with E-state index in [0.29, 0.717) is 12.1 Å². The van der Waals surface area contributed by atoms with Gasteiger partial charge < -0.3 is 10.6 Å². The van der Waals surface area contributed by atoms with E-state index < -0.39 is 0 Å². The van der Waals surface area contributed by atoms with Crippen molar-refractivity contribution in [3.63, 3.8) is 0 Å². The van der Waals surface area contributed by atoms with Crippen LogP contribution in [0.2, 0.25) is 0 Å². The van der Waals surface area contributed by atoms with Crippen molar-refractivity contribution in [2.45, 2.75) is 38.3 Å². The Labute approximate surface area is 88.9 Å². The molecule has 0 aromatic carbocycles. The number of nitrogens with one attached hydrogen (secondary N) is 2. The summed E-state index contributed by atoms with van der Waals surface area (Å²) in [5, 5.41) is 10.0. The Balaban J connectivity index is 1.85. The molecule has 0 radical (unpaired) electrons. The number of aromatic nitrogens is 1. The van der Waals surface area contributed by atoms with E-state index in [2.05, 4.69) is 22.5 Å². The van der Waals surface area contributed by atoms with E-state index in [4.69, 9.17) is 0 Å². The van der Waals surface area contributed by atoms with Crippen LogP contribution in [0.1, 0.15) is 26.2 Å². The van der Waals surface area contributed by atoms with Gasteiger partial charge in [-0.05, 0) is 26.3 Å². The van der Waals surface area contributed by atoms with Crippen molar-refractivity contribution in [2.75, 3.05) is 11.9 Å². The van der Waals surface area contributed by atoms with Gasteiger partial charge in [-0.1, -0.05) is 6.42 Å². The predicted molar refractivity (Wildman–Crippen MR) is 60.8 cm³/mol. The fourth-order valence-electron chi connectivity index (χ4n) is 1.90. The minimum absolute atomic E-state index is 0.474. The van der Waals surface area contributed by atoms with Gasteiger partial charge in [0.05, 0.1) is 0 Å². The lowest BCUT2D eigenvalue weighted by molar-refractivity contribution is 0.372. The zero-order chi connectivity index (χ0) is 9.80. The highest BCUT2D eigenvalue weighted by Crippen LogP contribution is 2.16. The molecule has 1 aliphatic heterocycles. The summed E-state index contributed by atoms with van der Waals surface area (Å²) in [5.74, 6) is 0. The van der Waals surface area contributed by atoms with Gasteiger partial charge in [-0.2, -0.15) is 0 Å². The molecule has 2 rings (SSSR count). The van der Waals surface area contributed by atoms with Crippen LogP contribution >= 0.6 is 11.3 Å². The second-order valence-corrected chi connectivity index (χ2v) is 4.72. The molecule has 0 aliphatic carbocycles. The van der Waals surface area contributed by atoms with Gasteiger partial charge in [0.1, 0.15) is 0 Å². The summed E-state index contributed by atoms with van der Waals surface area (Å²) >= 11 is 1.67. The van der Waals surface area contributed by atoms with Crippen molar-refractivity contribution >= 4 is 16.5 Å². The first-order valence-corrected chi connectivity index (χ1v) is 6.13. The van der Waals surface area contributed by atoms with Gasteiger partial charge >= 0.3 is 0 Å². The monoisotopic (exact) mass is 211 g/mol. The van der Waals surface area contributed by atoms with E-state index in [1.165, 1.54) is 19.3 Å². The van der Waals surface area contributed by atoms with Gasteiger partial charge in [-0.3, -0.25) is 0 Å². The zero-order valence-electron chi connectivity index (χ0n) is 8.49. The second kappa shape index (κ2) is 4.75. The van der Waals surface area contributed by atoms with Crippen LogP contribution in [-0.4, -0.2) is 23.6 Å². The van der Waals surface area contributed by atoms with E-state index >= 15 is 0 Å². The molecule has 2 heterocycles. The molecule has 1 fully saturated rings. The normalized spacial score (nSPS) is 24.5. The van der Waals surface area contributed by atoms with E-state index in [1.54, 1.807) is 11.3 Å². The Morgan fingerprint density at radius 2 is 2.57 bits per heavy atom. The molecule has 2 N–H and O–H groups in total. The van der Waals surface area contributed by atoms with Gasteiger partial charge in [0.15, 0.2) is 5.13 Å². The Kier molecular flexibility index (Phi) is 3.37. The maximum Gasteiger partial charge on any atom is 0.182 e. The molecule has 1 aliphatic rings. The largest absolute Gasteiger partial charge is 0.358 e. The van der Waals surface area contributed by atoms with Crippen LogP contribution in [0.25, 0.3) is 0 Å². The SMILES string of the molecule is CC(Nc1nccs1)C1CCCCN1. The van der Waals surface area contributed by atoms with Gasteiger partial charge in [0.2, 0.25) is 0 Å². The lowest BCUT2D eigenvalue weighted by Crippen LogP contribution is -2.45. The number of nitrogens with zero attached hydrogens (tertiary/aromatic N) is 1. The van der Waals surface area contributed by atoms with Crippen LogP contribution in [0.4, 0.5) is 5.13 Å². The Morgan fingerprint density at radius 3 is 3.21 bits per heavy atom. The Hall–Kier alpha value is -0.610. The summed E-state index contributed by atoms with van der Waals surface area (Å²) in [6.07, 6.45) is 5.79. The highest BCUT2D eigenvalue weighted by molar-refractivity contribution is 7.13. The average molecular weight is 211 g/mol. The van der Waals surface area contributed by atoms with Crippen LogP contribution < -0.4 is 10.6 Å². The van der Waals surface area contributed by atoms with E-state index in [1.807, 2.05) is 11.6 Å². The third-order valence-electron chi connectivity index (χ3n) is 2.74. The number of thiazole rings is 1. The molecule has 1 aromatic heterocycles. The summed E-state index contributed by atoms with van der Waals surface area (Å²) < 4.78 is 0. The molecule has 2 unspecified atom stereocenters. The standard InChI is InChI=1S/C10H17N3S/c1-8(9-4-2-3-5-11-9)13-10-12-6-7-14-10/h6-9,11H,2-5H2,1H3,(H,12,13). The zero-order valence-corrected chi connectivity index (χ0v) is 9.31. The van der Waals surface area contributed by atoms with E-state index in [-0.39, 0.29) is 0 Å². The van der Waals surface area contributed by atoms with Crippen molar-refractivity contribution in [1.82, 2.24) is 10.3 Å². The highest BCUT2D eigenvalue weighted by atomic mass is 32.1. The molecular weight excluding hydrogens is 194 g/mol. The number of hydrogen-bond acceptors (Lipinski definition) is 4. The van der Waals surface area contributed by atoms with Crippen molar-refractivity contribution in [3.8, 4) is 0 Å². The topological polar surface area (TPSA) is 37.0 Å². The molecule has 4 heteroatoms. The first-order valence-electron chi connectivity index (χ1n) is 5.25. The van der Waals surface area contributed by atoms with Crippen LogP contribution in [0, 0.1) is 0 Å². The first kappa shape index (κ1) is 9.93. The number of anilines is 1. The van der Waals surface area contributed by atoms with Gasteiger partial charge in [-0.25, -0.2) is 4.98 Å². The third kappa shape index (κ3) is 2.45. The minimum Gasteiger partial charge on any atom is -0.358 e. The molecule has 78 valence electrons. The van der Waals surface area contributed by atoms with Crippen LogP contribution in [0.15, 0.2) is 11.6 Å². The predicted octanol–water partition coefficient (Wildman–Crippen LogP) is 2.09. The summed E-state index contributed by atoms with van der Waals surface area (Å²) in [6, 6.07) is 1.08. The first-order chi connectivity index (χ1) is 6.86. The molecule has 1 saturated heterocycles. The highest BCUT2D eigenvalue weighted by Gasteiger charge is 2.19. The van der Waals surface area contributed by atoms with Crippen molar-refractivity contribution < 1.29 is 0 Å². The fourth-order valence-corrected chi connectivity index (χ4v) is 2.52. The second-order valence-electron chi connectivity index (χ2n) is 3.83. The minimum atomic E-state index is 0.474. The Morgan fingerprint density at radius 1 is 1.64 bits per heavy atom. The smallest absolute Gasteiger partial charge is 0.182 e. The lowest BCUT2D eigenvalue weighted by Gasteiger charge is -2.29. The van der Waals surface area contributed by atoms with Gasteiger partial charge in [0.25, 0.3) is 0 Å². The molecule has 0 saturated carbocycles. The summed E-state index contributed by atoms with van der Waals surface area (Å²) in [4.78, 5) is 4.23. The van der Waals surface area contributed by atoms with Crippen LogP contribution in [0.5, 0.6) is 0 Å². The molecule has 3 nitrogen and oxygen atoms in total. The number of rotatable bonds is 3. The number of piperidine rings is 1. The molecule has 0 amide bonds. The quantitative estimate of drug-likeness (QED) is 0.804. The van der Waals surface area contributed by atoms with Crippen molar-refractivity contribution in [2.24, 2.45) is 0 Å². The Bertz CT molecular complexity index is 254. The fraction of sp³-hybridized carbons (Fsp3) is 0.700. The van der Waals surface area contributed by atoms with Crippen LogP contribution in [0.3, 0.4) is 0 Å². The lowest BCUT2D eigenvalue weighted by atomic mass is 9.99. The third-order valence-corrected chi connectivity index (χ3v) is 3.44. The molecular formula is C10H17N3S. The van der Waals surface area contributed by atoms with Gasteiger partial charge in [-0.15, -0.1) is 11.3 Å². The van der Waals surface area contributed by atoms with Crippen molar-refractivity contribution in [1.29, 1.82) is 0 Å². The molecule has 1 aromatic rings. The number of hydrogen-bond donors (Lipinski definition) is 2. The van der Waals surface area contributed by atoms with Gasteiger partial charge in [0, 0.05) is 23.7 Å². The summed E-state index contributed by atoms with van der Waals surface area (Å²) in [6.45, 7) is 3.39. The summed E-state index contributed by atoms with van der Waals surface area (Å²) in [5.41, 5.74) is 0. The van der Waals surface area contributed by atoms with E-state index in [9.17, 15) is 0 Å². The average Bonchev–Trinajstić information content (AvgIpc) is 2.72. The summed E-state index contributed by atoms with van der Waals surface area (Å²) in [7, 11) is 0. The molecule has 2 atom stereocenters. The van der Waals surface area contributed by atoms with Crippen LogP contribution in [-0.2, 0) is 0 Å². The maximum absolute atomic E-state index is 4.23. The maximum atomic E-state index is 4.23. The molecule has 0 spiro atoms. The van der Waals surface area contributed by atoms with Crippen molar-refractivity contribution in [3.05, 3.63) is 11.6 Å². The molecule has 0 bridgehead atoms.